The lowest BCUT2D eigenvalue weighted by atomic mass is 9.53. The van der Waals surface area contributed by atoms with Gasteiger partial charge in [0.05, 0.1) is 23.1 Å². The van der Waals surface area contributed by atoms with Gasteiger partial charge in [-0.25, -0.2) is 9.07 Å². The Balaban J connectivity index is 1.60. The first-order valence-corrected chi connectivity index (χ1v) is 10.6. The van der Waals surface area contributed by atoms with E-state index < -0.39 is 11.6 Å². The standard InChI is InChI=1S/C25H25FN4O/c1-24-15-18-16-29-30(21-7-5-20(26)6-8-21)22(18)14-19(24)4-3-11-25(24,27-2)23(31)17-9-12-28-13-10-17/h5-10,12-14,16,23,31H,2-4,11,15H2,1H3/t23-,24-,25-/m0/s1. The van der Waals surface area contributed by atoms with Crippen molar-refractivity contribution in [1.82, 2.24) is 14.8 Å². The van der Waals surface area contributed by atoms with Crippen molar-refractivity contribution < 1.29 is 9.50 Å². The minimum atomic E-state index is -0.782. The Morgan fingerprint density at radius 2 is 1.94 bits per heavy atom. The highest BCUT2D eigenvalue weighted by Gasteiger charge is 2.57. The molecule has 0 spiro atoms. The number of nitrogens with zero attached hydrogens (tertiary/aromatic N) is 4. The van der Waals surface area contributed by atoms with E-state index >= 15 is 0 Å². The molecule has 31 heavy (non-hydrogen) atoms. The van der Waals surface area contributed by atoms with Gasteiger partial charge in [-0.1, -0.05) is 12.5 Å². The monoisotopic (exact) mass is 416 g/mol. The smallest absolute Gasteiger partial charge is 0.123 e. The van der Waals surface area contributed by atoms with Crippen molar-refractivity contribution in [3.8, 4) is 5.69 Å². The van der Waals surface area contributed by atoms with Crippen LogP contribution in [0.2, 0.25) is 0 Å². The third-order valence-corrected chi connectivity index (χ3v) is 7.24. The Hall–Kier alpha value is -3.12. The maximum atomic E-state index is 13.4. The lowest BCUT2D eigenvalue weighted by Crippen LogP contribution is -2.54. The van der Waals surface area contributed by atoms with Crippen LogP contribution in [0.3, 0.4) is 0 Å². The fraction of sp³-hybridized carbons (Fsp3) is 0.320. The zero-order valence-electron chi connectivity index (χ0n) is 17.5. The molecule has 5 nitrogen and oxygen atoms in total. The number of pyridine rings is 1. The quantitative estimate of drug-likeness (QED) is 0.627. The number of aromatic nitrogens is 3. The van der Waals surface area contributed by atoms with Gasteiger partial charge in [-0.05, 0) is 86.0 Å². The van der Waals surface area contributed by atoms with Crippen LogP contribution in [-0.2, 0) is 6.42 Å². The fourth-order valence-corrected chi connectivity index (χ4v) is 5.49. The first-order chi connectivity index (χ1) is 15.0. The van der Waals surface area contributed by atoms with Gasteiger partial charge in [0.15, 0.2) is 0 Å². The van der Waals surface area contributed by atoms with E-state index in [9.17, 15) is 9.50 Å². The summed E-state index contributed by atoms with van der Waals surface area (Å²) in [6.45, 7) is 6.14. The summed E-state index contributed by atoms with van der Waals surface area (Å²) in [5, 5.41) is 16.1. The van der Waals surface area contributed by atoms with E-state index in [0.29, 0.717) is 6.42 Å². The van der Waals surface area contributed by atoms with Gasteiger partial charge in [0, 0.05) is 17.8 Å². The second-order valence-corrected chi connectivity index (χ2v) is 8.74. The predicted octanol–water partition coefficient (Wildman–Crippen LogP) is 4.71. The second kappa shape index (κ2) is 7.24. The molecule has 3 atom stereocenters. The molecule has 1 aromatic carbocycles. The van der Waals surface area contributed by atoms with Gasteiger partial charge in [0.25, 0.3) is 0 Å². The lowest BCUT2D eigenvalue weighted by Gasteiger charge is -2.54. The van der Waals surface area contributed by atoms with E-state index in [-0.39, 0.29) is 11.2 Å². The molecule has 2 heterocycles. The minimum Gasteiger partial charge on any atom is -0.386 e. The van der Waals surface area contributed by atoms with Crippen LogP contribution in [0.25, 0.3) is 11.8 Å². The van der Waals surface area contributed by atoms with Crippen LogP contribution in [0.1, 0.15) is 49.1 Å². The molecule has 1 saturated carbocycles. The summed E-state index contributed by atoms with van der Waals surface area (Å²) < 4.78 is 15.3. The lowest BCUT2D eigenvalue weighted by molar-refractivity contribution is -0.00396. The highest BCUT2D eigenvalue weighted by molar-refractivity contribution is 5.62. The highest BCUT2D eigenvalue weighted by Crippen LogP contribution is 2.59. The molecule has 6 heteroatoms. The molecule has 158 valence electrons. The number of aliphatic hydroxyl groups is 1. The van der Waals surface area contributed by atoms with Crippen molar-refractivity contribution in [2.45, 2.75) is 44.2 Å². The Morgan fingerprint density at radius 1 is 1.19 bits per heavy atom. The summed E-state index contributed by atoms with van der Waals surface area (Å²) in [7, 11) is 0. The normalized spacial score (nSPS) is 25.8. The topological polar surface area (TPSA) is 63.3 Å². The van der Waals surface area contributed by atoms with Crippen LogP contribution in [0, 0.1) is 11.2 Å². The van der Waals surface area contributed by atoms with E-state index in [4.69, 9.17) is 0 Å². The van der Waals surface area contributed by atoms with Crippen molar-refractivity contribution in [3.63, 3.8) is 0 Å². The summed E-state index contributed by atoms with van der Waals surface area (Å²) in [6, 6.07) is 10.1. The van der Waals surface area contributed by atoms with Crippen LogP contribution in [0.4, 0.5) is 4.39 Å². The van der Waals surface area contributed by atoms with Gasteiger partial charge in [-0.2, -0.15) is 5.10 Å². The van der Waals surface area contributed by atoms with Gasteiger partial charge < -0.3 is 5.11 Å². The van der Waals surface area contributed by atoms with E-state index in [0.717, 1.165) is 41.8 Å². The van der Waals surface area contributed by atoms with Gasteiger partial charge in [-0.3, -0.25) is 9.98 Å². The van der Waals surface area contributed by atoms with E-state index in [1.807, 2.05) is 23.0 Å². The Morgan fingerprint density at radius 3 is 2.65 bits per heavy atom. The van der Waals surface area contributed by atoms with Crippen LogP contribution in [0.5, 0.6) is 0 Å². The number of fused-ring (bicyclic) bond motifs is 2. The molecule has 2 aliphatic carbocycles. The zero-order chi connectivity index (χ0) is 21.6. The first-order valence-electron chi connectivity index (χ1n) is 10.6. The summed E-state index contributed by atoms with van der Waals surface area (Å²) in [6.07, 6.45) is 9.99. The Bertz CT molecular complexity index is 1150. The number of hydrogen-bond acceptors (Lipinski definition) is 4. The van der Waals surface area contributed by atoms with Crippen LogP contribution in [0.15, 0.2) is 65.6 Å². The zero-order valence-corrected chi connectivity index (χ0v) is 17.5. The summed E-state index contributed by atoms with van der Waals surface area (Å²) in [5.41, 5.74) is 3.84. The number of aliphatic hydroxyl groups excluding tert-OH is 1. The van der Waals surface area contributed by atoms with Crippen molar-refractivity contribution in [2.24, 2.45) is 10.4 Å². The molecule has 5 rings (SSSR count). The van der Waals surface area contributed by atoms with Gasteiger partial charge in [-0.15, -0.1) is 0 Å². The molecule has 0 amide bonds. The fourth-order valence-electron chi connectivity index (χ4n) is 5.49. The van der Waals surface area contributed by atoms with Crippen molar-refractivity contribution in [1.29, 1.82) is 0 Å². The Labute approximate surface area is 181 Å². The summed E-state index contributed by atoms with van der Waals surface area (Å²) >= 11 is 0. The number of benzene rings is 1. The van der Waals surface area contributed by atoms with Crippen LogP contribution < -0.4 is 0 Å². The molecule has 0 aliphatic heterocycles. The van der Waals surface area contributed by atoms with Crippen LogP contribution in [-0.4, -0.2) is 32.1 Å². The van der Waals surface area contributed by atoms with E-state index in [2.05, 4.69) is 34.8 Å². The average molecular weight is 417 g/mol. The van der Waals surface area contributed by atoms with Crippen molar-refractivity contribution >= 4 is 12.8 Å². The SMILES string of the molecule is C=N[C@]1([C@@H](O)c2ccncc2)CCCC2=Cc3c(cnn3-c3ccc(F)cc3)C[C@@]21C. The molecule has 1 N–H and O–H groups in total. The van der Waals surface area contributed by atoms with Gasteiger partial charge in [0.2, 0.25) is 0 Å². The van der Waals surface area contributed by atoms with E-state index in [1.54, 1.807) is 24.5 Å². The molecule has 2 aromatic heterocycles. The summed E-state index contributed by atoms with van der Waals surface area (Å²) in [4.78, 5) is 8.71. The maximum absolute atomic E-state index is 13.4. The molecular formula is C25H25FN4O. The molecule has 0 unspecified atom stereocenters. The number of hydrogen-bond donors (Lipinski definition) is 1. The number of aliphatic imine (C=N–C) groups is 1. The minimum absolute atomic E-state index is 0.269. The second-order valence-electron chi connectivity index (χ2n) is 8.74. The van der Waals surface area contributed by atoms with Crippen LogP contribution >= 0.6 is 0 Å². The van der Waals surface area contributed by atoms with Crippen molar-refractivity contribution in [3.05, 3.63) is 83.2 Å². The molecule has 1 fully saturated rings. The molecule has 0 bridgehead atoms. The largest absolute Gasteiger partial charge is 0.386 e. The van der Waals surface area contributed by atoms with Gasteiger partial charge in [0.1, 0.15) is 11.9 Å². The van der Waals surface area contributed by atoms with E-state index in [1.165, 1.54) is 17.7 Å². The maximum Gasteiger partial charge on any atom is 0.123 e. The molecule has 3 aromatic rings. The first kappa shape index (κ1) is 19.8. The third kappa shape index (κ3) is 2.89. The van der Waals surface area contributed by atoms with Gasteiger partial charge >= 0.3 is 0 Å². The molecule has 0 saturated heterocycles. The third-order valence-electron chi connectivity index (χ3n) is 7.24. The summed E-state index contributed by atoms with van der Waals surface area (Å²) in [5.74, 6) is -0.269. The number of rotatable bonds is 4. The Kier molecular flexibility index (Phi) is 4.63. The molecule has 0 radical (unpaired) electrons. The number of halogens is 1. The molecule has 2 aliphatic rings. The van der Waals surface area contributed by atoms with Crippen molar-refractivity contribution in [2.75, 3.05) is 0 Å². The molecular weight excluding hydrogens is 391 g/mol. The predicted molar refractivity (Wildman–Crippen MR) is 119 cm³/mol. The highest BCUT2D eigenvalue weighted by atomic mass is 19.1. The average Bonchev–Trinajstić information content (AvgIpc) is 3.19.